The minimum Gasteiger partial charge on any atom is -0.316 e. The Bertz CT molecular complexity index is 766. The van der Waals surface area contributed by atoms with E-state index in [4.69, 9.17) is 11.6 Å². The number of hydrogen-bond donors (Lipinski definition) is 1. The molecule has 2 aliphatic heterocycles. The van der Waals surface area contributed by atoms with Gasteiger partial charge in [0.15, 0.2) is 0 Å². The molecule has 0 aliphatic carbocycles. The molecule has 0 radical (unpaired) electrons. The third-order valence-electron chi connectivity index (χ3n) is 4.91. The molecule has 0 bridgehead atoms. The second-order valence-electron chi connectivity index (χ2n) is 6.55. The van der Waals surface area contributed by atoms with Crippen LogP contribution in [0.5, 0.6) is 0 Å². The Hall–Kier alpha value is -1.43. The number of hydrogen-bond acceptors (Lipinski definition) is 4. The van der Waals surface area contributed by atoms with Crippen LogP contribution >= 0.6 is 11.6 Å². The van der Waals surface area contributed by atoms with Gasteiger partial charge in [-0.25, -0.2) is 4.98 Å². The summed E-state index contributed by atoms with van der Waals surface area (Å²) in [7, 11) is 0. The van der Waals surface area contributed by atoms with Crippen molar-refractivity contribution in [2.24, 2.45) is 5.41 Å². The highest BCUT2D eigenvalue weighted by Crippen LogP contribution is 2.36. The summed E-state index contributed by atoms with van der Waals surface area (Å²) in [6.07, 6.45) is 4.11. The van der Waals surface area contributed by atoms with Crippen LogP contribution < -0.4 is 10.9 Å². The fraction of sp³-hybridized carbons (Fsp3) is 0.500. The number of pyridine rings is 1. The van der Waals surface area contributed by atoms with Gasteiger partial charge in [-0.15, -0.1) is 0 Å². The largest absolute Gasteiger partial charge is 0.316 e. The van der Waals surface area contributed by atoms with E-state index in [9.17, 15) is 4.79 Å². The monoisotopic (exact) mass is 318 g/mol. The Morgan fingerprint density at radius 2 is 2.27 bits per heavy atom. The molecular formula is C16H19ClN4O. The van der Waals surface area contributed by atoms with Crippen molar-refractivity contribution in [1.82, 2.24) is 19.6 Å². The van der Waals surface area contributed by atoms with Gasteiger partial charge in [0.05, 0.1) is 10.7 Å². The van der Waals surface area contributed by atoms with Crippen molar-refractivity contribution in [2.75, 3.05) is 26.2 Å². The van der Waals surface area contributed by atoms with Crippen LogP contribution in [0.15, 0.2) is 29.2 Å². The number of nitrogens with zero attached hydrogens (tertiary/aromatic N) is 3. The first kappa shape index (κ1) is 14.2. The van der Waals surface area contributed by atoms with Crippen LogP contribution in [0.2, 0.25) is 5.02 Å². The predicted octanol–water partition coefficient (Wildman–Crippen LogP) is 1.53. The van der Waals surface area contributed by atoms with Crippen molar-refractivity contribution in [3.05, 3.63) is 45.5 Å². The van der Waals surface area contributed by atoms with Gasteiger partial charge in [0.25, 0.3) is 5.56 Å². The van der Waals surface area contributed by atoms with E-state index < -0.39 is 0 Å². The summed E-state index contributed by atoms with van der Waals surface area (Å²) in [4.78, 5) is 19.2. The standard InChI is InChI=1S/C16H19ClN4O/c17-12-1-2-14-19-13(7-15(22)21(14)8-12)9-20-6-4-16(11-20)3-5-18-10-16/h1-2,7-8,18H,3-6,9-11H2. The van der Waals surface area contributed by atoms with Crippen LogP contribution in [0.1, 0.15) is 18.5 Å². The molecule has 0 amide bonds. The molecule has 1 atom stereocenters. The van der Waals surface area contributed by atoms with Crippen LogP contribution in [-0.2, 0) is 6.54 Å². The molecule has 0 aromatic carbocycles. The highest BCUT2D eigenvalue weighted by Gasteiger charge is 2.40. The van der Waals surface area contributed by atoms with E-state index >= 15 is 0 Å². The molecule has 6 heteroatoms. The smallest absolute Gasteiger partial charge is 0.258 e. The molecule has 1 spiro atoms. The zero-order valence-electron chi connectivity index (χ0n) is 12.4. The molecule has 2 saturated heterocycles. The lowest BCUT2D eigenvalue weighted by Gasteiger charge is -2.22. The fourth-order valence-corrected chi connectivity index (χ4v) is 3.90. The Morgan fingerprint density at radius 3 is 3.09 bits per heavy atom. The summed E-state index contributed by atoms with van der Waals surface area (Å²) in [5, 5.41) is 4.01. The summed E-state index contributed by atoms with van der Waals surface area (Å²) in [6, 6.07) is 5.18. The maximum absolute atomic E-state index is 12.2. The van der Waals surface area contributed by atoms with Crippen molar-refractivity contribution in [3.63, 3.8) is 0 Å². The third kappa shape index (κ3) is 2.53. The number of halogens is 1. The van der Waals surface area contributed by atoms with E-state index in [1.165, 1.54) is 17.2 Å². The van der Waals surface area contributed by atoms with Crippen molar-refractivity contribution >= 4 is 17.2 Å². The number of fused-ring (bicyclic) bond motifs is 1. The second-order valence-corrected chi connectivity index (χ2v) is 6.99. The topological polar surface area (TPSA) is 49.6 Å². The molecular weight excluding hydrogens is 300 g/mol. The molecule has 2 fully saturated rings. The Morgan fingerprint density at radius 1 is 1.36 bits per heavy atom. The summed E-state index contributed by atoms with van der Waals surface area (Å²) in [5.74, 6) is 0. The average Bonchev–Trinajstić information content (AvgIpc) is 3.11. The minimum absolute atomic E-state index is 0.0704. The van der Waals surface area contributed by atoms with Crippen LogP contribution in [-0.4, -0.2) is 40.5 Å². The predicted molar refractivity (Wildman–Crippen MR) is 86.3 cm³/mol. The lowest BCUT2D eigenvalue weighted by atomic mass is 9.87. The van der Waals surface area contributed by atoms with Gasteiger partial charge in [-0.1, -0.05) is 11.6 Å². The van der Waals surface area contributed by atoms with Crippen molar-refractivity contribution in [2.45, 2.75) is 19.4 Å². The molecule has 2 aromatic heterocycles. The molecule has 2 aliphatic rings. The molecule has 2 aromatic rings. The van der Waals surface area contributed by atoms with Crippen LogP contribution in [0.3, 0.4) is 0 Å². The Kier molecular flexibility index (Phi) is 3.44. The van der Waals surface area contributed by atoms with Gasteiger partial charge >= 0.3 is 0 Å². The lowest BCUT2D eigenvalue weighted by molar-refractivity contribution is 0.266. The van der Waals surface area contributed by atoms with Crippen molar-refractivity contribution in [3.8, 4) is 0 Å². The van der Waals surface area contributed by atoms with E-state index in [0.29, 0.717) is 16.1 Å². The maximum Gasteiger partial charge on any atom is 0.258 e. The fourth-order valence-electron chi connectivity index (χ4n) is 3.74. The maximum atomic E-state index is 12.2. The number of rotatable bonds is 2. The summed E-state index contributed by atoms with van der Waals surface area (Å²) < 4.78 is 1.50. The zero-order valence-corrected chi connectivity index (χ0v) is 13.1. The second kappa shape index (κ2) is 5.33. The van der Waals surface area contributed by atoms with Crippen LogP contribution in [0, 0.1) is 5.41 Å². The number of likely N-dealkylation sites (tertiary alicyclic amines) is 1. The molecule has 0 saturated carbocycles. The first-order valence-corrected chi connectivity index (χ1v) is 8.12. The number of aromatic nitrogens is 2. The molecule has 1 N–H and O–H groups in total. The van der Waals surface area contributed by atoms with E-state index in [1.807, 2.05) is 0 Å². The first-order chi connectivity index (χ1) is 10.6. The summed E-state index contributed by atoms with van der Waals surface area (Å²) >= 11 is 5.94. The van der Waals surface area contributed by atoms with Gasteiger partial charge in [0.2, 0.25) is 0 Å². The molecule has 5 nitrogen and oxygen atoms in total. The average molecular weight is 319 g/mol. The van der Waals surface area contributed by atoms with E-state index in [-0.39, 0.29) is 5.56 Å². The molecule has 4 rings (SSSR count). The normalized spacial score (nSPS) is 25.5. The zero-order chi connectivity index (χ0) is 15.2. The summed E-state index contributed by atoms with van der Waals surface area (Å²) in [6.45, 7) is 5.18. The van der Waals surface area contributed by atoms with Crippen molar-refractivity contribution < 1.29 is 0 Å². The highest BCUT2D eigenvalue weighted by molar-refractivity contribution is 6.30. The van der Waals surface area contributed by atoms with Gasteiger partial charge in [0.1, 0.15) is 5.65 Å². The van der Waals surface area contributed by atoms with Gasteiger partial charge in [-0.3, -0.25) is 14.1 Å². The minimum atomic E-state index is -0.0704. The van der Waals surface area contributed by atoms with Gasteiger partial charge in [0, 0.05) is 31.9 Å². The van der Waals surface area contributed by atoms with E-state index in [1.54, 1.807) is 24.4 Å². The Balaban J connectivity index is 1.57. The van der Waals surface area contributed by atoms with Crippen LogP contribution in [0.25, 0.3) is 5.65 Å². The SMILES string of the molecule is O=c1cc(CN2CCC3(CCNC3)C2)nc2ccc(Cl)cn12. The first-order valence-electron chi connectivity index (χ1n) is 7.75. The molecule has 22 heavy (non-hydrogen) atoms. The lowest BCUT2D eigenvalue weighted by Crippen LogP contribution is -2.29. The molecule has 1 unspecified atom stereocenters. The van der Waals surface area contributed by atoms with Gasteiger partial charge < -0.3 is 5.32 Å². The highest BCUT2D eigenvalue weighted by atomic mass is 35.5. The van der Waals surface area contributed by atoms with E-state index in [0.717, 1.165) is 38.4 Å². The summed E-state index contributed by atoms with van der Waals surface area (Å²) in [5.41, 5.74) is 1.87. The quantitative estimate of drug-likeness (QED) is 0.912. The Labute approximate surface area is 133 Å². The van der Waals surface area contributed by atoms with Crippen LogP contribution in [0.4, 0.5) is 0 Å². The van der Waals surface area contributed by atoms with E-state index in [2.05, 4.69) is 15.2 Å². The molecule has 116 valence electrons. The number of nitrogens with one attached hydrogen (secondary N) is 1. The molecule has 4 heterocycles. The van der Waals surface area contributed by atoms with Gasteiger partial charge in [-0.05, 0) is 43.5 Å². The third-order valence-corrected chi connectivity index (χ3v) is 5.14. The van der Waals surface area contributed by atoms with Gasteiger partial charge in [-0.2, -0.15) is 0 Å². The van der Waals surface area contributed by atoms with Crippen molar-refractivity contribution in [1.29, 1.82) is 0 Å².